The highest BCUT2D eigenvalue weighted by Crippen LogP contribution is 2.25. The predicted molar refractivity (Wildman–Crippen MR) is 120 cm³/mol. The van der Waals surface area contributed by atoms with Crippen LogP contribution in [0.1, 0.15) is 20.4 Å². The van der Waals surface area contributed by atoms with E-state index in [2.05, 4.69) is 20.2 Å². The molecule has 2 aromatic heterocycles. The molecule has 0 aliphatic carbocycles. The molecule has 12 heteroatoms. The van der Waals surface area contributed by atoms with Crippen molar-refractivity contribution in [2.75, 3.05) is 20.1 Å². The average molecular weight is 490 g/mol. The van der Waals surface area contributed by atoms with Crippen molar-refractivity contribution in [1.82, 2.24) is 20.2 Å². The van der Waals surface area contributed by atoms with Crippen LogP contribution in [0.15, 0.2) is 29.3 Å². The second-order valence-corrected chi connectivity index (χ2v) is 10.7. The van der Waals surface area contributed by atoms with Crippen molar-refractivity contribution in [3.63, 3.8) is 0 Å². The molecular weight excluding hydrogens is 469 g/mol. The van der Waals surface area contributed by atoms with Crippen LogP contribution < -0.4 is 11.1 Å². The number of hydrogen-bond acceptors (Lipinski definition) is 7. The third-order valence-electron chi connectivity index (χ3n) is 4.84. The number of aromatic nitrogens is 2. The monoisotopic (exact) mass is 489 g/mol. The van der Waals surface area contributed by atoms with Gasteiger partial charge in [-0.15, -0.1) is 23.7 Å². The maximum Gasteiger partial charge on any atom is 0.280 e. The third-order valence-corrected chi connectivity index (χ3v) is 7.96. The van der Waals surface area contributed by atoms with E-state index in [0.717, 1.165) is 30.1 Å². The molecule has 4 N–H and O–H groups in total. The molecule has 1 amide bonds. The van der Waals surface area contributed by atoms with Gasteiger partial charge in [-0.05, 0) is 31.3 Å². The van der Waals surface area contributed by atoms with E-state index in [1.807, 2.05) is 7.05 Å². The van der Waals surface area contributed by atoms with Gasteiger partial charge in [-0.2, -0.15) is 0 Å². The number of nitrogens with zero attached hydrogens (tertiary/aromatic N) is 2. The van der Waals surface area contributed by atoms with Crippen molar-refractivity contribution >= 4 is 62.0 Å². The molecule has 0 spiro atoms. The van der Waals surface area contributed by atoms with Gasteiger partial charge in [-0.1, -0.05) is 11.6 Å². The minimum absolute atomic E-state index is 0. The van der Waals surface area contributed by atoms with Crippen LogP contribution in [-0.2, 0) is 22.8 Å². The standard InChI is InChI=1S/C18H20ClN5O3S2.ClH/c1-24-5-4-13-14(9-24)28-18(23-13)17(25)21-8-15(20)29(26,27)16-7-10-6-11(19)2-3-12(10)22-16;/h2-3,6-7,15,22H,4-5,8-9,20H2,1H3,(H,21,25);1H. The average Bonchev–Trinajstić information content (AvgIpc) is 3.29. The summed E-state index contributed by atoms with van der Waals surface area (Å²) in [7, 11) is -1.84. The van der Waals surface area contributed by atoms with Gasteiger partial charge in [0.25, 0.3) is 5.91 Å². The van der Waals surface area contributed by atoms with Crippen molar-refractivity contribution < 1.29 is 13.2 Å². The normalized spacial score (nSPS) is 15.4. The zero-order chi connectivity index (χ0) is 20.8. The van der Waals surface area contributed by atoms with Crippen LogP contribution in [0.4, 0.5) is 0 Å². The van der Waals surface area contributed by atoms with Gasteiger partial charge in [0.2, 0.25) is 9.84 Å². The molecule has 0 saturated carbocycles. The number of fused-ring (bicyclic) bond motifs is 2. The number of nitrogens with one attached hydrogen (secondary N) is 2. The second kappa shape index (κ2) is 8.81. The zero-order valence-corrected chi connectivity index (χ0v) is 19.2. The van der Waals surface area contributed by atoms with Gasteiger partial charge in [-0.3, -0.25) is 4.79 Å². The molecule has 3 aromatic rings. The van der Waals surface area contributed by atoms with Gasteiger partial charge in [0.15, 0.2) is 5.01 Å². The van der Waals surface area contributed by atoms with Gasteiger partial charge in [0.05, 0.1) is 5.69 Å². The molecule has 1 atom stereocenters. The van der Waals surface area contributed by atoms with Crippen LogP contribution in [0.3, 0.4) is 0 Å². The summed E-state index contributed by atoms with van der Waals surface area (Å²) >= 11 is 7.28. The molecule has 1 aliphatic rings. The number of likely N-dealkylation sites (N-methyl/N-ethyl adjacent to an activating group) is 1. The maximum atomic E-state index is 12.8. The van der Waals surface area contributed by atoms with E-state index in [9.17, 15) is 13.2 Å². The Morgan fingerprint density at radius 2 is 2.20 bits per heavy atom. The number of amides is 1. The molecule has 0 fully saturated rings. The second-order valence-electron chi connectivity index (χ2n) is 7.04. The minimum Gasteiger partial charge on any atom is -0.347 e. The first-order valence-corrected chi connectivity index (χ1v) is 11.7. The topological polar surface area (TPSA) is 121 Å². The number of H-pyrrole nitrogens is 1. The lowest BCUT2D eigenvalue weighted by Crippen LogP contribution is -2.42. The molecular formula is C18H21Cl2N5O3S2. The van der Waals surface area contributed by atoms with Crippen molar-refractivity contribution in [3.05, 3.63) is 44.9 Å². The van der Waals surface area contributed by atoms with Crippen LogP contribution in [0, 0.1) is 0 Å². The van der Waals surface area contributed by atoms with Gasteiger partial charge < -0.3 is 20.9 Å². The lowest BCUT2D eigenvalue weighted by atomic mass is 10.2. The Kier molecular flexibility index (Phi) is 6.75. The lowest BCUT2D eigenvalue weighted by Gasteiger charge is -2.20. The number of carbonyl (C=O) groups is 1. The summed E-state index contributed by atoms with van der Waals surface area (Å²) < 4.78 is 25.5. The summed E-state index contributed by atoms with van der Waals surface area (Å²) in [6.45, 7) is 1.44. The number of nitrogens with two attached hydrogens (primary N) is 1. The smallest absolute Gasteiger partial charge is 0.280 e. The summed E-state index contributed by atoms with van der Waals surface area (Å²) in [5.74, 6) is -0.416. The largest absolute Gasteiger partial charge is 0.347 e. The van der Waals surface area contributed by atoms with Gasteiger partial charge in [0, 0.05) is 46.9 Å². The maximum absolute atomic E-state index is 12.8. The number of benzene rings is 1. The summed E-state index contributed by atoms with van der Waals surface area (Å²) in [6.07, 6.45) is 0.800. The van der Waals surface area contributed by atoms with Crippen LogP contribution >= 0.6 is 35.3 Å². The van der Waals surface area contributed by atoms with Crippen LogP contribution in [0.25, 0.3) is 10.9 Å². The number of rotatable bonds is 5. The van der Waals surface area contributed by atoms with Crippen molar-refractivity contribution in [1.29, 1.82) is 0 Å². The third kappa shape index (κ3) is 4.48. The Morgan fingerprint density at radius 3 is 2.97 bits per heavy atom. The summed E-state index contributed by atoms with van der Waals surface area (Å²) in [5.41, 5.74) is 7.48. The fourth-order valence-corrected chi connectivity index (χ4v) is 5.65. The molecule has 0 radical (unpaired) electrons. The number of halogens is 2. The van der Waals surface area contributed by atoms with Crippen molar-refractivity contribution in [2.24, 2.45) is 5.73 Å². The van der Waals surface area contributed by atoms with Gasteiger partial charge in [0.1, 0.15) is 10.4 Å². The zero-order valence-electron chi connectivity index (χ0n) is 16.0. The Labute approximate surface area is 189 Å². The first kappa shape index (κ1) is 23.0. The van der Waals surface area contributed by atoms with E-state index in [1.165, 1.54) is 17.4 Å². The number of carbonyl (C=O) groups excluding carboxylic acids is 1. The summed E-state index contributed by atoms with van der Waals surface area (Å²) in [4.78, 5) is 22.9. The van der Waals surface area contributed by atoms with Crippen molar-refractivity contribution in [3.8, 4) is 0 Å². The SMILES string of the molecule is CN1CCc2nc(C(=O)NCC(N)S(=O)(=O)c3cc4cc(Cl)ccc4[nH]3)sc2C1.Cl. The molecule has 1 aliphatic heterocycles. The highest BCUT2D eigenvalue weighted by molar-refractivity contribution is 7.92. The number of hydrogen-bond donors (Lipinski definition) is 3. The lowest BCUT2D eigenvalue weighted by molar-refractivity contribution is 0.0953. The Morgan fingerprint density at radius 1 is 1.43 bits per heavy atom. The van der Waals surface area contributed by atoms with E-state index in [-0.39, 0.29) is 24.0 Å². The Hall–Kier alpha value is -1.69. The predicted octanol–water partition coefficient (Wildman–Crippen LogP) is 2.18. The van der Waals surface area contributed by atoms with Gasteiger partial charge in [-0.25, -0.2) is 13.4 Å². The molecule has 0 bridgehead atoms. The first-order valence-electron chi connectivity index (χ1n) is 8.97. The Balaban J connectivity index is 0.00000256. The fourth-order valence-electron chi connectivity index (χ4n) is 3.19. The summed E-state index contributed by atoms with van der Waals surface area (Å²) in [5, 5.41) is 2.80. The van der Waals surface area contributed by atoms with E-state index in [1.54, 1.807) is 18.2 Å². The Bertz CT molecular complexity index is 1190. The number of sulfone groups is 1. The molecule has 0 saturated heterocycles. The highest BCUT2D eigenvalue weighted by Gasteiger charge is 2.27. The van der Waals surface area contributed by atoms with E-state index >= 15 is 0 Å². The fraction of sp³-hybridized carbons (Fsp3) is 0.333. The van der Waals surface area contributed by atoms with Crippen LogP contribution in [0.5, 0.6) is 0 Å². The molecule has 30 heavy (non-hydrogen) atoms. The van der Waals surface area contributed by atoms with E-state index in [0.29, 0.717) is 20.9 Å². The molecule has 162 valence electrons. The molecule has 8 nitrogen and oxygen atoms in total. The highest BCUT2D eigenvalue weighted by atomic mass is 35.5. The van der Waals surface area contributed by atoms with Gasteiger partial charge >= 0.3 is 0 Å². The van der Waals surface area contributed by atoms with E-state index in [4.69, 9.17) is 17.3 Å². The molecule has 4 rings (SSSR count). The first-order chi connectivity index (χ1) is 13.7. The number of thiazole rings is 1. The van der Waals surface area contributed by atoms with Crippen LogP contribution in [-0.4, -0.2) is 54.7 Å². The number of aromatic amines is 1. The van der Waals surface area contributed by atoms with Crippen molar-refractivity contribution in [2.45, 2.75) is 23.4 Å². The molecule has 1 aromatic carbocycles. The molecule has 3 heterocycles. The quantitative estimate of drug-likeness (QED) is 0.504. The minimum atomic E-state index is -3.86. The molecule has 1 unspecified atom stereocenters. The van der Waals surface area contributed by atoms with Crippen LogP contribution in [0.2, 0.25) is 5.02 Å². The van der Waals surface area contributed by atoms with E-state index < -0.39 is 21.1 Å². The summed E-state index contributed by atoms with van der Waals surface area (Å²) in [6, 6.07) is 6.53.